The average molecular weight is 490 g/mol. The number of fused-ring (bicyclic) bond motifs is 7. The second kappa shape index (κ2) is 7.80. The van der Waals surface area contributed by atoms with Crippen LogP contribution < -0.4 is 4.57 Å². The Morgan fingerprint density at radius 1 is 0.632 bits per heavy atom. The van der Waals surface area contributed by atoms with E-state index in [0.717, 1.165) is 33.3 Å². The van der Waals surface area contributed by atoms with Gasteiger partial charge >= 0.3 is 0 Å². The molecule has 38 heavy (non-hydrogen) atoms. The highest BCUT2D eigenvalue weighted by Crippen LogP contribution is 2.38. The average Bonchev–Trinajstić information content (AvgIpc) is 3.48. The highest BCUT2D eigenvalue weighted by molar-refractivity contribution is 6.11. The van der Waals surface area contributed by atoms with Crippen molar-refractivity contribution in [2.75, 3.05) is 0 Å². The summed E-state index contributed by atoms with van der Waals surface area (Å²) in [5.74, 6) is 0. The van der Waals surface area contributed by atoms with Gasteiger partial charge in [-0.05, 0) is 53.6 Å². The Bertz CT molecular complexity index is 2160. The van der Waals surface area contributed by atoms with Crippen LogP contribution in [0, 0.1) is 6.92 Å². The molecule has 180 valence electrons. The van der Waals surface area contributed by atoms with Crippen molar-refractivity contribution in [3.05, 3.63) is 121 Å². The first kappa shape index (κ1) is 21.2. The lowest BCUT2D eigenvalue weighted by molar-refractivity contribution is -0.659. The maximum atomic E-state index is 6.71. The molecule has 5 aromatic carbocycles. The molecule has 8 rings (SSSR count). The van der Waals surface area contributed by atoms with Crippen LogP contribution in [0.25, 0.3) is 71.5 Å². The number of benzene rings is 5. The molecule has 0 amide bonds. The topological polar surface area (TPSA) is 21.9 Å². The number of aromatic nitrogens is 2. The van der Waals surface area contributed by atoms with Crippen molar-refractivity contribution < 1.29 is 8.98 Å². The first-order valence-electron chi connectivity index (χ1n) is 13.0. The molecule has 0 aliphatic carbocycles. The fourth-order valence-electron chi connectivity index (χ4n) is 6.13. The lowest BCUT2D eigenvalue weighted by Crippen LogP contribution is -2.30. The molecular weight excluding hydrogens is 464 g/mol. The number of hydrogen-bond donors (Lipinski definition) is 0. The number of furan rings is 1. The minimum atomic E-state index is 0.894. The zero-order valence-corrected chi connectivity index (χ0v) is 21.3. The molecule has 0 N–H and O–H groups in total. The molecule has 8 aromatic rings. The number of aryl methyl sites for hydroxylation is 2. The summed E-state index contributed by atoms with van der Waals surface area (Å²) >= 11 is 0. The summed E-state index contributed by atoms with van der Waals surface area (Å²) in [7, 11) is 2.10. The summed E-state index contributed by atoms with van der Waals surface area (Å²) in [5.41, 5.74) is 8.83. The molecule has 3 heteroatoms. The first-order chi connectivity index (χ1) is 18.7. The zero-order chi connectivity index (χ0) is 25.4. The van der Waals surface area contributed by atoms with E-state index >= 15 is 0 Å². The van der Waals surface area contributed by atoms with Gasteiger partial charge in [0.2, 0.25) is 5.58 Å². The van der Waals surface area contributed by atoms with Gasteiger partial charge in [0, 0.05) is 39.4 Å². The van der Waals surface area contributed by atoms with Crippen LogP contribution in [0.2, 0.25) is 0 Å². The summed E-state index contributed by atoms with van der Waals surface area (Å²) in [6.07, 6.45) is 2.14. The van der Waals surface area contributed by atoms with Gasteiger partial charge in [-0.15, -0.1) is 0 Å². The summed E-state index contributed by atoms with van der Waals surface area (Å²) < 4.78 is 11.2. The second-order valence-corrected chi connectivity index (χ2v) is 10.2. The van der Waals surface area contributed by atoms with Crippen LogP contribution in [0.3, 0.4) is 0 Å². The van der Waals surface area contributed by atoms with E-state index in [1.807, 2.05) is 0 Å². The molecule has 0 bridgehead atoms. The van der Waals surface area contributed by atoms with Crippen LogP contribution in [0.4, 0.5) is 0 Å². The Hall–Kier alpha value is -4.89. The van der Waals surface area contributed by atoms with Gasteiger partial charge in [-0.1, -0.05) is 66.7 Å². The smallest absolute Gasteiger partial charge is 0.256 e. The summed E-state index contributed by atoms with van der Waals surface area (Å²) in [5, 5.41) is 7.26. The minimum Gasteiger partial charge on any atom is -0.449 e. The fraction of sp³-hybridized carbons (Fsp3) is 0.0571. The highest BCUT2D eigenvalue weighted by Gasteiger charge is 2.23. The van der Waals surface area contributed by atoms with Crippen LogP contribution in [-0.4, -0.2) is 4.57 Å². The molecule has 3 heterocycles. The lowest BCUT2D eigenvalue weighted by atomic mass is 9.98. The van der Waals surface area contributed by atoms with Gasteiger partial charge in [0.25, 0.3) is 5.69 Å². The third-order valence-corrected chi connectivity index (χ3v) is 7.93. The predicted octanol–water partition coefficient (Wildman–Crippen LogP) is 8.64. The van der Waals surface area contributed by atoms with Gasteiger partial charge in [0.1, 0.15) is 12.6 Å². The monoisotopic (exact) mass is 489 g/mol. The number of pyridine rings is 1. The molecule has 3 aromatic heterocycles. The minimum absolute atomic E-state index is 0.894. The van der Waals surface area contributed by atoms with E-state index in [0.29, 0.717) is 0 Å². The zero-order valence-electron chi connectivity index (χ0n) is 21.3. The molecule has 0 aliphatic rings. The van der Waals surface area contributed by atoms with Crippen molar-refractivity contribution in [2.24, 2.45) is 7.05 Å². The Kier molecular flexibility index (Phi) is 4.36. The van der Waals surface area contributed by atoms with Gasteiger partial charge in [-0.3, -0.25) is 0 Å². The summed E-state index contributed by atoms with van der Waals surface area (Å²) in [6, 6.07) is 39.1. The van der Waals surface area contributed by atoms with Crippen LogP contribution in [-0.2, 0) is 7.05 Å². The predicted molar refractivity (Wildman–Crippen MR) is 157 cm³/mol. The maximum Gasteiger partial charge on any atom is 0.256 e. The van der Waals surface area contributed by atoms with Crippen molar-refractivity contribution in [2.45, 2.75) is 6.92 Å². The van der Waals surface area contributed by atoms with Crippen molar-refractivity contribution in [1.29, 1.82) is 0 Å². The lowest BCUT2D eigenvalue weighted by Gasteiger charge is -2.07. The summed E-state index contributed by atoms with van der Waals surface area (Å²) in [6.45, 7) is 2.18. The van der Waals surface area contributed by atoms with E-state index in [-0.39, 0.29) is 0 Å². The van der Waals surface area contributed by atoms with Gasteiger partial charge in [0.05, 0.1) is 16.6 Å². The Morgan fingerprint density at radius 3 is 2.03 bits per heavy atom. The SMILES string of the molecule is Cc1cc2ccccc2cc1-c1c2oc3cc(-n4c5ccccc5c5ccccc54)ccc3c2cc[n+]1C. The third kappa shape index (κ3) is 2.93. The summed E-state index contributed by atoms with van der Waals surface area (Å²) in [4.78, 5) is 0. The van der Waals surface area contributed by atoms with Crippen LogP contribution in [0.15, 0.2) is 120 Å². The van der Waals surface area contributed by atoms with Crippen LogP contribution in [0.5, 0.6) is 0 Å². The first-order valence-corrected chi connectivity index (χ1v) is 13.0. The molecule has 0 fully saturated rings. The van der Waals surface area contributed by atoms with Gasteiger partial charge < -0.3 is 8.98 Å². The number of hydrogen-bond acceptors (Lipinski definition) is 1. The Morgan fingerprint density at radius 2 is 1.29 bits per heavy atom. The third-order valence-electron chi connectivity index (χ3n) is 7.93. The van der Waals surface area contributed by atoms with E-state index in [1.165, 1.54) is 43.7 Å². The van der Waals surface area contributed by atoms with Crippen molar-refractivity contribution in [3.8, 4) is 16.9 Å². The molecule has 0 aliphatic heterocycles. The number of para-hydroxylation sites is 2. The largest absolute Gasteiger partial charge is 0.449 e. The van der Waals surface area contributed by atoms with E-state index in [9.17, 15) is 0 Å². The molecule has 0 radical (unpaired) electrons. The number of nitrogens with zero attached hydrogens (tertiary/aromatic N) is 2. The molecule has 0 saturated carbocycles. The standard InChI is InChI=1S/C35H25N2O/c1-22-19-23-9-3-4-10-24(23)20-30(22)34-35-29(17-18-36(34)2)28-16-15-25(21-33(28)38-35)37-31-13-7-5-11-26(31)27-12-6-8-14-32(27)37/h3-21H,1-2H3/q+1. The van der Waals surface area contributed by atoms with Crippen LogP contribution >= 0.6 is 0 Å². The van der Waals surface area contributed by atoms with Gasteiger partial charge in [0.15, 0.2) is 6.20 Å². The number of rotatable bonds is 2. The maximum absolute atomic E-state index is 6.71. The quantitative estimate of drug-likeness (QED) is 0.223. The Labute approximate surface area is 219 Å². The molecule has 0 spiro atoms. The second-order valence-electron chi connectivity index (χ2n) is 10.2. The van der Waals surface area contributed by atoms with Crippen molar-refractivity contribution >= 4 is 54.5 Å². The van der Waals surface area contributed by atoms with E-state index in [2.05, 4.69) is 138 Å². The van der Waals surface area contributed by atoms with Crippen molar-refractivity contribution in [1.82, 2.24) is 4.57 Å². The normalized spacial score (nSPS) is 11.9. The van der Waals surface area contributed by atoms with Crippen LogP contribution in [0.1, 0.15) is 5.56 Å². The molecule has 0 unspecified atom stereocenters. The Balaban J connectivity index is 1.40. The molecule has 3 nitrogen and oxygen atoms in total. The van der Waals surface area contributed by atoms with E-state index < -0.39 is 0 Å². The van der Waals surface area contributed by atoms with Gasteiger partial charge in [-0.25, -0.2) is 0 Å². The fourth-order valence-corrected chi connectivity index (χ4v) is 6.13. The molecular formula is C35H25N2O+. The van der Waals surface area contributed by atoms with Crippen molar-refractivity contribution in [3.63, 3.8) is 0 Å². The molecule has 0 saturated heterocycles. The molecule has 0 atom stereocenters. The highest BCUT2D eigenvalue weighted by atomic mass is 16.3. The van der Waals surface area contributed by atoms with E-state index in [1.54, 1.807) is 0 Å². The van der Waals surface area contributed by atoms with Gasteiger partial charge in [-0.2, -0.15) is 4.57 Å². The van der Waals surface area contributed by atoms with E-state index in [4.69, 9.17) is 4.42 Å².